The molecule has 202 valence electrons. The number of phenolic OH excluding ortho intramolecular Hbond substituents is 3. The Labute approximate surface area is 254 Å². The molecule has 0 aromatic heterocycles. The third-order valence-corrected chi connectivity index (χ3v) is 10.2. The first-order valence-electron chi connectivity index (χ1n) is 11.8. The van der Waals surface area contributed by atoms with Gasteiger partial charge in [-0.25, -0.2) is 0 Å². The van der Waals surface area contributed by atoms with Crippen LogP contribution in [0.1, 0.15) is 39.9 Å². The van der Waals surface area contributed by atoms with Crippen LogP contribution in [0.5, 0.6) is 34.5 Å². The average Bonchev–Trinajstić information content (AvgIpc) is 2.87. The second-order valence-electron chi connectivity index (χ2n) is 9.27. The second kappa shape index (κ2) is 10.7. The molecule has 11 heteroatoms. The molecule has 38 heavy (non-hydrogen) atoms. The molecule has 0 bridgehead atoms. The molecule has 0 aliphatic carbocycles. The molecule has 3 N–H and O–H groups in total. The van der Waals surface area contributed by atoms with Gasteiger partial charge in [-0.15, -0.1) is 0 Å². The molecule has 2 unspecified atom stereocenters. The zero-order chi connectivity index (χ0) is 27.5. The Balaban J connectivity index is 1.71. The molecule has 0 fully saturated rings. The van der Waals surface area contributed by atoms with E-state index < -0.39 is 0 Å². The normalized spacial score (nSPS) is 18.4. The van der Waals surface area contributed by atoms with Crippen LogP contribution in [0.4, 0.5) is 0 Å². The molecule has 3 aromatic carbocycles. The molecule has 2 heterocycles. The molecule has 7 nitrogen and oxygen atoms in total. The van der Waals surface area contributed by atoms with Gasteiger partial charge in [-0.3, -0.25) is 4.90 Å². The smallest absolute Gasteiger partial charge is 0.176 e. The SMILES string of the molecule is COc1c(O)cc(CC2c3c(cc(Br)c(OC)c3O)CC3c4c(Br)c(O)c(OC)c(Br)c4CCN23)cc1Br. The van der Waals surface area contributed by atoms with Gasteiger partial charge in [-0.05, 0) is 123 Å². The molecular weight excluding hydrogens is 754 g/mol. The highest BCUT2D eigenvalue weighted by molar-refractivity contribution is 9.11. The van der Waals surface area contributed by atoms with Crippen molar-refractivity contribution in [1.82, 2.24) is 4.90 Å². The van der Waals surface area contributed by atoms with Crippen molar-refractivity contribution in [2.75, 3.05) is 27.9 Å². The molecule has 2 aliphatic heterocycles. The lowest BCUT2D eigenvalue weighted by atomic mass is 9.78. The molecule has 0 saturated carbocycles. The van der Waals surface area contributed by atoms with E-state index in [2.05, 4.69) is 68.6 Å². The standard InChI is InChI=1S/C27H25Br4NO6/c1-36-25-14(28)6-11(8-18(25)33)7-16-19-12(9-15(29)26(37-2)23(19)34)10-17-20-13(4-5-32(16)17)21(30)27(38-3)24(35)22(20)31/h6,8-9,16-17,33-35H,4-5,7,10H2,1-3H3. The third kappa shape index (κ3) is 4.38. The molecular formula is C27H25Br4NO6. The van der Waals surface area contributed by atoms with E-state index in [0.717, 1.165) is 32.3 Å². The summed E-state index contributed by atoms with van der Waals surface area (Å²) in [6, 6.07) is 5.29. The number of phenols is 3. The number of benzene rings is 3. The molecule has 2 aliphatic rings. The molecule has 2 atom stereocenters. The van der Waals surface area contributed by atoms with Gasteiger partial charge >= 0.3 is 0 Å². The van der Waals surface area contributed by atoms with Gasteiger partial charge in [-0.2, -0.15) is 0 Å². The van der Waals surface area contributed by atoms with Crippen LogP contribution in [-0.4, -0.2) is 48.1 Å². The molecule has 0 radical (unpaired) electrons. The van der Waals surface area contributed by atoms with Gasteiger partial charge in [0.2, 0.25) is 0 Å². The van der Waals surface area contributed by atoms with Crippen LogP contribution >= 0.6 is 63.7 Å². The number of fused-ring (bicyclic) bond motifs is 4. The summed E-state index contributed by atoms with van der Waals surface area (Å²) in [5.74, 6) is 1.34. The number of methoxy groups -OCH3 is 3. The fourth-order valence-electron chi connectivity index (χ4n) is 5.84. The lowest BCUT2D eigenvalue weighted by molar-refractivity contribution is 0.102. The maximum atomic E-state index is 11.4. The van der Waals surface area contributed by atoms with Crippen molar-refractivity contribution in [1.29, 1.82) is 0 Å². The molecule has 3 aromatic rings. The van der Waals surface area contributed by atoms with Crippen LogP contribution in [0.3, 0.4) is 0 Å². The Bertz CT molecular complexity index is 1420. The first-order chi connectivity index (χ1) is 18.1. The van der Waals surface area contributed by atoms with Crippen LogP contribution in [0.25, 0.3) is 0 Å². The summed E-state index contributed by atoms with van der Waals surface area (Å²) in [4.78, 5) is 2.36. The van der Waals surface area contributed by atoms with E-state index in [-0.39, 0.29) is 29.3 Å². The van der Waals surface area contributed by atoms with E-state index in [4.69, 9.17) is 14.2 Å². The van der Waals surface area contributed by atoms with E-state index in [1.165, 1.54) is 21.3 Å². The second-order valence-corrected chi connectivity index (χ2v) is 12.6. The highest BCUT2D eigenvalue weighted by Crippen LogP contribution is 2.56. The quantitative estimate of drug-likeness (QED) is 0.250. The van der Waals surface area contributed by atoms with E-state index in [1.54, 1.807) is 6.07 Å². The van der Waals surface area contributed by atoms with Gasteiger partial charge < -0.3 is 29.5 Å². The van der Waals surface area contributed by atoms with Gasteiger partial charge in [0.05, 0.1) is 39.2 Å². The Hall–Kier alpha value is -1.66. The number of halogens is 4. The summed E-state index contributed by atoms with van der Waals surface area (Å²) in [6.45, 7) is 0.710. The number of hydrogen-bond donors (Lipinski definition) is 3. The highest BCUT2D eigenvalue weighted by Gasteiger charge is 2.43. The number of aromatic hydroxyl groups is 3. The molecule has 0 spiro atoms. The third-order valence-electron chi connectivity index (χ3n) is 7.41. The predicted molar refractivity (Wildman–Crippen MR) is 158 cm³/mol. The molecule has 0 amide bonds. The largest absolute Gasteiger partial charge is 0.504 e. The molecule has 5 rings (SSSR count). The number of nitrogens with zero attached hydrogens (tertiary/aromatic N) is 1. The van der Waals surface area contributed by atoms with Gasteiger partial charge in [0.25, 0.3) is 0 Å². The van der Waals surface area contributed by atoms with Gasteiger partial charge in [0.1, 0.15) is 0 Å². The fourth-order valence-corrected chi connectivity index (χ4v) is 8.57. The summed E-state index contributed by atoms with van der Waals surface area (Å²) < 4.78 is 19.0. The van der Waals surface area contributed by atoms with Gasteiger partial charge in [-0.1, -0.05) is 0 Å². The topological polar surface area (TPSA) is 91.6 Å². The van der Waals surface area contributed by atoms with Crippen molar-refractivity contribution in [2.45, 2.75) is 31.3 Å². The predicted octanol–water partition coefficient (Wildman–Crippen LogP) is 7.32. The van der Waals surface area contributed by atoms with E-state index in [0.29, 0.717) is 56.5 Å². The first kappa shape index (κ1) is 27.9. The van der Waals surface area contributed by atoms with Crippen molar-refractivity contribution in [3.8, 4) is 34.5 Å². The summed E-state index contributed by atoms with van der Waals surface area (Å²) in [5, 5.41) is 33.0. The number of ether oxygens (including phenoxy) is 3. The summed E-state index contributed by atoms with van der Waals surface area (Å²) in [5.41, 5.74) is 4.71. The number of rotatable bonds is 5. The van der Waals surface area contributed by atoms with Crippen molar-refractivity contribution >= 4 is 63.7 Å². The minimum atomic E-state index is -0.242. The minimum absolute atomic E-state index is 0.0368. The Morgan fingerprint density at radius 3 is 2.11 bits per heavy atom. The van der Waals surface area contributed by atoms with Gasteiger partial charge in [0, 0.05) is 24.2 Å². The van der Waals surface area contributed by atoms with Crippen LogP contribution in [0.2, 0.25) is 0 Å². The zero-order valence-electron chi connectivity index (χ0n) is 20.7. The van der Waals surface area contributed by atoms with Crippen LogP contribution in [0, 0.1) is 0 Å². The Kier molecular flexibility index (Phi) is 7.87. The lowest BCUT2D eigenvalue weighted by Crippen LogP contribution is -2.44. The van der Waals surface area contributed by atoms with Crippen molar-refractivity contribution in [2.24, 2.45) is 0 Å². The maximum absolute atomic E-state index is 11.4. The molecule has 0 saturated heterocycles. The summed E-state index contributed by atoms with van der Waals surface area (Å²) in [7, 11) is 4.58. The summed E-state index contributed by atoms with van der Waals surface area (Å²) in [6.07, 6.45) is 1.83. The van der Waals surface area contributed by atoms with Gasteiger partial charge in [0.15, 0.2) is 34.5 Å². The van der Waals surface area contributed by atoms with Crippen molar-refractivity contribution in [3.63, 3.8) is 0 Å². The Morgan fingerprint density at radius 1 is 0.816 bits per heavy atom. The maximum Gasteiger partial charge on any atom is 0.176 e. The van der Waals surface area contributed by atoms with Crippen LogP contribution in [0.15, 0.2) is 36.1 Å². The first-order valence-corrected chi connectivity index (χ1v) is 15.0. The van der Waals surface area contributed by atoms with E-state index in [9.17, 15) is 15.3 Å². The van der Waals surface area contributed by atoms with Crippen molar-refractivity contribution < 1.29 is 29.5 Å². The van der Waals surface area contributed by atoms with Crippen LogP contribution < -0.4 is 14.2 Å². The van der Waals surface area contributed by atoms with Crippen molar-refractivity contribution in [3.05, 3.63) is 63.9 Å². The fraction of sp³-hybridized carbons (Fsp3) is 0.333. The average molecular weight is 779 g/mol. The van der Waals surface area contributed by atoms with Crippen LogP contribution in [-0.2, 0) is 19.3 Å². The Morgan fingerprint density at radius 2 is 1.47 bits per heavy atom. The van der Waals surface area contributed by atoms with E-state index >= 15 is 0 Å². The zero-order valence-corrected chi connectivity index (χ0v) is 27.1. The summed E-state index contributed by atoms with van der Waals surface area (Å²) >= 11 is 14.4. The highest BCUT2D eigenvalue weighted by atomic mass is 79.9. The minimum Gasteiger partial charge on any atom is -0.504 e. The van der Waals surface area contributed by atoms with E-state index in [1.807, 2.05) is 12.1 Å². The lowest BCUT2D eigenvalue weighted by Gasteiger charge is -2.47. The number of hydrogen-bond acceptors (Lipinski definition) is 7. The monoisotopic (exact) mass is 775 g/mol.